The molecular formula is C17H23N4O+. The summed E-state index contributed by atoms with van der Waals surface area (Å²) in [5.41, 5.74) is 1.19. The lowest BCUT2D eigenvalue weighted by Gasteiger charge is -2.14. The van der Waals surface area contributed by atoms with Gasteiger partial charge in [-0.25, -0.2) is 0 Å². The van der Waals surface area contributed by atoms with E-state index in [2.05, 4.69) is 30.2 Å². The maximum Gasteiger partial charge on any atom is 0.232 e. The zero-order chi connectivity index (χ0) is 15.8. The summed E-state index contributed by atoms with van der Waals surface area (Å²) in [5, 5.41) is 12.4. The highest BCUT2D eigenvalue weighted by atomic mass is 16.4. The summed E-state index contributed by atoms with van der Waals surface area (Å²) in [7, 11) is 0. The molecule has 0 radical (unpaired) electrons. The minimum atomic E-state index is 0.314. The summed E-state index contributed by atoms with van der Waals surface area (Å²) >= 11 is 0. The number of rotatable bonds is 8. The van der Waals surface area contributed by atoms with E-state index in [-0.39, 0.29) is 0 Å². The van der Waals surface area contributed by atoms with Crippen molar-refractivity contribution in [3.8, 4) is 17.5 Å². The van der Waals surface area contributed by atoms with E-state index < -0.39 is 0 Å². The Labute approximate surface area is 131 Å². The van der Waals surface area contributed by atoms with E-state index in [1.807, 2.05) is 30.3 Å². The number of nitriles is 1. The van der Waals surface area contributed by atoms with Crippen molar-refractivity contribution in [3.05, 3.63) is 36.0 Å². The van der Waals surface area contributed by atoms with Gasteiger partial charge in [-0.3, -0.25) is 0 Å². The zero-order valence-corrected chi connectivity index (χ0v) is 13.2. The molecule has 0 aliphatic rings. The fraction of sp³-hybridized carbons (Fsp3) is 0.412. The molecular weight excluding hydrogens is 276 g/mol. The quantitative estimate of drug-likeness (QED) is 0.731. The molecule has 1 aromatic heterocycles. The summed E-state index contributed by atoms with van der Waals surface area (Å²) in [5.74, 6) is 0.949. The molecule has 0 fully saturated rings. The lowest BCUT2D eigenvalue weighted by molar-refractivity contribution is -0.896. The number of quaternary nitrogens is 1. The number of benzene rings is 1. The molecule has 0 bridgehead atoms. The predicted octanol–water partition coefficient (Wildman–Crippen LogP) is 1.94. The molecule has 2 N–H and O–H groups in total. The van der Waals surface area contributed by atoms with Crippen molar-refractivity contribution in [1.29, 1.82) is 5.26 Å². The average molecular weight is 299 g/mol. The monoisotopic (exact) mass is 299 g/mol. The maximum atomic E-state index is 9.18. The van der Waals surface area contributed by atoms with Gasteiger partial charge >= 0.3 is 0 Å². The largest absolute Gasteiger partial charge is 0.419 e. The summed E-state index contributed by atoms with van der Waals surface area (Å²) in [6.45, 7) is 8.56. The third kappa shape index (κ3) is 4.09. The van der Waals surface area contributed by atoms with E-state index in [9.17, 15) is 5.26 Å². The first-order valence-electron chi connectivity index (χ1n) is 7.82. The molecule has 0 saturated heterocycles. The third-order valence-electron chi connectivity index (χ3n) is 3.75. The van der Waals surface area contributed by atoms with Crippen molar-refractivity contribution in [2.24, 2.45) is 0 Å². The van der Waals surface area contributed by atoms with Crippen LogP contribution in [0.4, 0.5) is 5.88 Å². The molecule has 2 aromatic rings. The smallest absolute Gasteiger partial charge is 0.232 e. The van der Waals surface area contributed by atoms with Crippen LogP contribution in [-0.2, 0) is 0 Å². The highest BCUT2D eigenvalue weighted by Gasteiger charge is 2.14. The first-order valence-corrected chi connectivity index (χ1v) is 7.82. The fourth-order valence-electron chi connectivity index (χ4n) is 2.36. The molecule has 5 nitrogen and oxygen atoms in total. The van der Waals surface area contributed by atoms with Crippen LogP contribution in [0.3, 0.4) is 0 Å². The number of anilines is 1. The Balaban J connectivity index is 1.97. The number of hydrogen-bond acceptors (Lipinski definition) is 4. The Hall–Kier alpha value is -2.32. The van der Waals surface area contributed by atoms with Crippen LogP contribution in [0, 0.1) is 11.3 Å². The molecule has 116 valence electrons. The maximum absolute atomic E-state index is 9.18. The van der Waals surface area contributed by atoms with Gasteiger partial charge in [0.25, 0.3) is 0 Å². The van der Waals surface area contributed by atoms with Gasteiger partial charge in [0, 0.05) is 18.5 Å². The molecule has 0 atom stereocenters. The average Bonchev–Trinajstić information content (AvgIpc) is 2.99. The zero-order valence-electron chi connectivity index (χ0n) is 13.2. The van der Waals surface area contributed by atoms with Crippen LogP contribution >= 0.6 is 0 Å². The second-order valence-electron chi connectivity index (χ2n) is 5.16. The lowest BCUT2D eigenvalue weighted by atomic mass is 10.2. The number of nitrogens with zero attached hydrogens (tertiary/aromatic N) is 2. The Kier molecular flexibility index (Phi) is 5.99. The second-order valence-corrected chi connectivity index (χ2v) is 5.16. The van der Waals surface area contributed by atoms with E-state index in [4.69, 9.17) is 4.42 Å². The molecule has 0 aliphatic carbocycles. The molecule has 0 saturated carbocycles. The molecule has 22 heavy (non-hydrogen) atoms. The van der Waals surface area contributed by atoms with Crippen molar-refractivity contribution in [1.82, 2.24) is 4.98 Å². The molecule has 0 unspecified atom stereocenters. The topological polar surface area (TPSA) is 66.3 Å². The van der Waals surface area contributed by atoms with E-state index >= 15 is 0 Å². The second kappa shape index (κ2) is 8.20. The fourth-order valence-corrected chi connectivity index (χ4v) is 2.36. The highest BCUT2D eigenvalue weighted by molar-refractivity contribution is 5.58. The van der Waals surface area contributed by atoms with E-state index in [1.54, 1.807) is 4.90 Å². The van der Waals surface area contributed by atoms with Gasteiger partial charge in [0.2, 0.25) is 17.5 Å². The van der Waals surface area contributed by atoms with E-state index in [0.717, 1.165) is 38.2 Å². The van der Waals surface area contributed by atoms with Crippen molar-refractivity contribution in [2.75, 3.05) is 31.5 Å². The number of hydrogen-bond donors (Lipinski definition) is 2. The van der Waals surface area contributed by atoms with Gasteiger partial charge in [0.1, 0.15) is 6.07 Å². The van der Waals surface area contributed by atoms with Crippen LogP contribution in [0.5, 0.6) is 0 Å². The summed E-state index contributed by atoms with van der Waals surface area (Å²) in [6, 6.07) is 11.7. The standard InChI is InChI=1S/C17H22N4O/c1-3-21(4-2)12-8-11-19-17-15(13-18)20-16(22-17)14-9-6-5-7-10-14/h5-7,9-10,19H,3-4,8,11-12H2,1-2H3/p+1. The lowest BCUT2D eigenvalue weighted by Crippen LogP contribution is -3.11. The van der Waals surface area contributed by atoms with Gasteiger partial charge in [-0.15, -0.1) is 0 Å². The minimum absolute atomic E-state index is 0.314. The molecule has 5 heteroatoms. The highest BCUT2D eigenvalue weighted by Crippen LogP contribution is 2.24. The normalized spacial score (nSPS) is 10.6. The van der Waals surface area contributed by atoms with E-state index in [0.29, 0.717) is 17.5 Å². The molecule has 0 spiro atoms. The molecule has 0 amide bonds. The summed E-state index contributed by atoms with van der Waals surface area (Å²) in [6.07, 6.45) is 1.03. The summed E-state index contributed by atoms with van der Waals surface area (Å²) in [4.78, 5) is 5.82. The number of nitrogens with one attached hydrogen (secondary N) is 2. The van der Waals surface area contributed by atoms with Crippen molar-refractivity contribution < 1.29 is 9.32 Å². The Morgan fingerprint density at radius 3 is 2.59 bits per heavy atom. The molecule has 2 rings (SSSR count). The van der Waals surface area contributed by atoms with Crippen molar-refractivity contribution in [3.63, 3.8) is 0 Å². The number of aromatic nitrogens is 1. The van der Waals surface area contributed by atoms with Crippen LogP contribution in [0.15, 0.2) is 34.7 Å². The van der Waals surface area contributed by atoms with Crippen LogP contribution in [0.1, 0.15) is 26.0 Å². The molecule has 0 aliphatic heterocycles. The van der Waals surface area contributed by atoms with Gasteiger partial charge in [-0.1, -0.05) is 18.2 Å². The number of oxazole rings is 1. The van der Waals surface area contributed by atoms with E-state index in [1.165, 1.54) is 0 Å². The minimum Gasteiger partial charge on any atom is -0.419 e. The van der Waals surface area contributed by atoms with Gasteiger partial charge in [-0.2, -0.15) is 10.2 Å². The molecule has 1 aromatic carbocycles. The predicted molar refractivity (Wildman–Crippen MR) is 86.7 cm³/mol. The molecule has 1 heterocycles. The Morgan fingerprint density at radius 1 is 1.23 bits per heavy atom. The van der Waals surface area contributed by atoms with Crippen molar-refractivity contribution in [2.45, 2.75) is 20.3 Å². The Morgan fingerprint density at radius 2 is 1.95 bits per heavy atom. The first kappa shape index (κ1) is 16.1. The van der Waals surface area contributed by atoms with Crippen LogP contribution < -0.4 is 10.2 Å². The Bertz CT molecular complexity index is 611. The van der Waals surface area contributed by atoms with Gasteiger partial charge < -0.3 is 14.6 Å². The van der Waals surface area contributed by atoms with Crippen LogP contribution in [-0.4, -0.2) is 31.2 Å². The first-order chi connectivity index (χ1) is 10.8. The summed E-state index contributed by atoms with van der Waals surface area (Å²) < 4.78 is 5.70. The van der Waals surface area contributed by atoms with Crippen molar-refractivity contribution >= 4 is 5.88 Å². The third-order valence-corrected chi connectivity index (χ3v) is 3.75. The van der Waals surface area contributed by atoms with Gasteiger partial charge in [0.05, 0.1) is 19.6 Å². The SMILES string of the molecule is CC[NH+](CC)CCCNc1oc(-c2ccccc2)nc1C#N. The van der Waals surface area contributed by atoms with Crippen LogP contribution in [0.2, 0.25) is 0 Å². The van der Waals surface area contributed by atoms with Crippen LogP contribution in [0.25, 0.3) is 11.5 Å². The van der Waals surface area contributed by atoms with Gasteiger partial charge in [-0.05, 0) is 26.0 Å². The van der Waals surface area contributed by atoms with Gasteiger partial charge in [0.15, 0.2) is 0 Å².